The fourth-order valence-electron chi connectivity index (χ4n) is 3.01. The Balaban J connectivity index is 1.60. The summed E-state index contributed by atoms with van der Waals surface area (Å²) < 4.78 is 34.0. The third-order valence-electron chi connectivity index (χ3n) is 4.39. The van der Waals surface area contributed by atoms with Crippen LogP contribution in [0.5, 0.6) is 0 Å². The lowest BCUT2D eigenvalue weighted by Crippen LogP contribution is -2.32. The van der Waals surface area contributed by atoms with Crippen LogP contribution in [-0.4, -0.2) is 49.9 Å². The fraction of sp³-hybridized carbons (Fsp3) is 0.294. The van der Waals surface area contributed by atoms with Crippen molar-refractivity contribution in [3.05, 3.63) is 52.3 Å². The van der Waals surface area contributed by atoms with E-state index in [0.717, 1.165) is 23.5 Å². The summed E-state index contributed by atoms with van der Waals surface area (Å²) in [5, 5.41) is 8.72. The van der Waals surface area contributed by atoms with Crippen molar-refractivity contribution in [2.45, 2.75) is 18.9 Å². The van der Waals surface area contributed by atoms with Gasteiger partial charge in [-0.1, -0.05) is 6.07 Å². The number of aromatic amines is 2. The maximum atomic E-state index is 14.1. The lowest BCUT2D eigenvalue weighted by molar-refractivity contribution is 0.0850. The Labute approximate surface area is 156 Å². The van der Waals surface area contributed by atoms with Gasteiger partial charge in [-0.05, 0) is 25.0 Å². The molecule has 0 bridgehead atoms. The number of hydrogen-bond donors (Lipinski definition) is 3. The maximum Gasteiger partial charge on any atom is 0.348 e. The third kappa shape index (κ3) is 3.31. The second-order valence-electron chi connectivity index (χ2n) is 6.25. The topological polar surface area (TPSA) is 118 Å². The number of aromatic nitrogens is 5. The molecule has 3 N–H and O–H groups in total. The summed E-state index contributed by atoms with van der Waals surface area (Å²) >= 11 is 0. The van der Waals surface area contributed by atoms with Crippen LogP contribution in [-0.2, 0) is 4.74 Å². The highest BCUT2D eigenvalue weighted by atomic mass is 19.2. The van der Waals surface area contributed by atoms with Gasteiger partial charge in [0.1, 0.15) is 5.69 Å². The standard InChI is InChI=1S/C17H16F2N6O3/c18-10-4-1-5-12(13(10)19)25-15(23-24-17(25)27)11-8-20-14(22-11)16(26)21-7-9-3-2-6-28-9/h1,4-5,8-9H,2-3,6-7H2,(H,20,22)(H,21,26)(H,24,27)/t9-/m0/s1. The Hall–Kier alpha value is -3.34. The number of hydrogen-bond acceptors (Lipinski definition) is 5. The Morgan fingerprint density at radius 1 is 1.39 bits per heavy atom. The van der Waals surface area contributed by atoms with Crippen LogP contribution in [0.1, 0.15) is 23.5 Å². The lowest BCUT2D eigenvalue weighted by atomic mass is 10.2. The summed E-state index contributed by atoms with van der Waals surface area (Å²) in [5.41, 5.74) is -0.893. The fourth-order valence-corrected chi connectivity index (χ4v) is 3.01. The minimum atomic E-state index is -1.19. The highest BCUT2D eigenvalue weighted by Gasteiger charge is 2.21. The van der Waals surface area contributed by atoms with Crippen molar-refractivity contribution in [2.24, 2.45) is 0 Å². The molecular formula is C17H16F2N6O3. The molecule has 0 radical (unpaired) electrons. The number of amides is 1. The average Bonchev–Trinajstić information content (AvgIpc) is 3.43. The van der Waals surface area contributed by atoms with E-state index in [1.54, 1.807) is 0 Å². The lowest BCUT2D eigenvalue weighted by Gasteiger charge is -2.09. The van der Waals surface area contributed by atoms with Crippen LogP contribution in [0.15, 0.2) is 29.2 Å². The molecule has 28 heavy (non-hydrogen) atoms. The number of nitrogens with zero attached hydrogens (tertiary/aromatic N) is 3. The molecule has 3 heterocycles. The van der Waals surface area contributed by atoms with Crippen LogP contribution in [0.25, 0.3) is 17.2 Å². The summed E-state index contributed by atoms with van der Waals surface area (Å²) in [7, 11) is 0. The van der Waals surface area contributed by atoms with E-state index in [2.05, 4.69) is 25.5 Å². The minimum absolute atomic E-state index is 0.00490. The molecule has 146 valence electrons. The largest absolute Gasteiger partial charge is 0.376 e. The van der Waals surface area contributed by atoms with Gasteiger partial charge in [-0.3, -0.25) is 4.79 Å². The molecule has 0 spiro atoms. The highest BCUT2D eigenvalue weighted by molar-refractivity contribution is 5.91. The second kappa shape index (κ2) is 7.35. The van der Waals surface area contributed by atoms with E-state index >= 15 is 0 Å². The number of nitrogens with one attached hydrogen (secondary N) is 3. The van der Waals surface area contributed by atoms with Crippen molar-refractivity contribution in [1.82, 2.24) is 30.0 Å². The molecule has 4 rings (SSSR count). The van der Waals surface area contributed by atoms with Gasteiger partial charge < -0.3 is 15.0 Å². The van der Waals surface area contributed by atoms with Crippen LogP contribution in [0, 0.1) is 11.6 Å². The Bertz CT molecular complexity index is 1070. The van der Waals surface area contributed by atoms with Crippen LogP contribution < -0.4 is 11.0 Å². The second-order valence-corrected chi connectivity index (χ2v) is 6.25. The molecule has 1 aromatic carbocycles. The molecule has 2 aromatic heterocycles. The molecule has 1 amide bonds. The van der Waals surface area contributed by atoms with E-state index in [9.17, 15) is 18.4 Å². The van der Waals surface area contributed by atoms with Crippen LogP contribution in [0.2, 0.25) is 0 Å². The molecule has 1 aliphatic rings. The smallest absolute Gasteiger partial charge is 0.348 e. The number of carbonyl (C=O) groups excluding carboxylic acids is 1. The van der Waals surface area contributed by atoms with E-state index in [4.69, 9.17) is 4.74 Å². The van der Waals surface area contributed by atoms with Gasteiger partial charge in [-0.2, -0.15) is 5.10 Å². The van der Waals surface area contributed by atoms with Gasteiger partial charge in [0.2, 0.25) is 0 Å². The molecule has 1 saturated heterocycles. The van der Waals surface area contributed by atoms with Crippen molar-refractivity contribution in [2.75, 3.05) is 13.2 Å². The van der Waals surface area contributed by atoms with Gasteiger partial charge >= 0.3 is 5.69 Å². The van der Waals surface area contributed by atoms with E-state index in [-0.39, 0.29) is 29.1 Å². The zero-order valence-corrected chi connectivity index (χ0v) is 14.5. The van der Waals surface area contributed by atoms with Crippen LogP contribution in [0.3, 0.4) is 0 Å². The first-order valence-electron chi connectivity index (χ1n) is 8.61. The molecular weight excluding hydrogens is 374 g/mol. The van der Waals surface area contributed by atoms with E-state index in [1.165, 1.54) is 18.3 Å². The predicted octanol–water partition coefficient (Wildman–Crippen LogP) is 1.14. The van der Waals surface area contributed by atoms with E-state index in [0.29, 0.717) is 13.2 Å². The maximum absolute atomic E-state index is 14.1. The van der Waals surface area contributed by atoms with Gasteiger partial charge in [0, 0.05) is 13.2 Å². The molecule has 1 atom stereocenters. The van der Waals surface area contributed by atoms with Crippen molar-refractivity contribution in [3.8, 4) is 17.2 Å². The summed E-state index contributed by atoms with van der Waals surface area (Å²) in [6.45, 7) is 1.04. The number of halogens is 2. The van der Waals surface area contributed by atoms with Crippen LogP contribution in [0.4, 0.5) is 8.78 Å². The predicted molar refractivity (Wildman–Crippen MR) is 93.0 cm³/mol. The number of carbonyl (C=O) groups is 1. The Morgan fingerprint density at radius 2 is 2.25 bits per heavy atom. The monoisotopic (exact) mass is 390 g/mol. The molecule has 1 aliphatic heterocycles. The number of imidazole rings is 1. The summed E-state index contributed by atoms with van der Waals surface area (Å²) in [5.74, 6) is -2.80. The summed E-state index contributed by atoms with van der Waals surface area (Å²) in [6.07, 6.45) is 3.09. The van der Waals surface area contributed by atoms with Crippen molar-refractivity contribution < 1.29 is 18.3 Å². The summed E-state index contributed by atoms with van der Waals surface area (Å²) in [4.78, 5) is 31.1. The molecule has 11 heteroatoms. The van der Waals surface area contributed by atoms with Gasteiger partial charge in [0.25, 0.3) is 5.91 Å². The van der Waals surface area contributed by atoms with Crippen molar-refractivity contribution >= 4 is 5.91 Å². The molecule has 1 fully saturated rings. The first-order chi connectivity index (χ1) is 13.5. The Kier molecular flexibility index (Phi) is 4.74. The molecule has 9 nitrogen and oxygen atoms in total. The third-order valence-corrected chi connectivity index (χ3v) is 4.39. The van der Waals surface area contributed by atoms with E-state index in [1.807, 2.05) is 0 Å². The zero-order valence-electron chi connectivity index (χ0n) is 14.5. The molecule has 0 aliphatic carbocycles. The van der Waals surface area contributed by atoms with Gasteiger partial charge in [-0.15, -0.1) is 0 Å². The first kappa shape index (κ1) is 18.0. The number of benzene rings is 1. The first-order valence-corrected chi connectivity index (χ1v) is 8.61. The number of H-pyrrole nitrogens is 2. The highest BCUT2D eigenvalue weighted by Crippen LogP contribution is 2.20. The van der Waals surface area contributed by atoms with Crippen LogP contribution >= 0.6 is 0 Å². The van der Waals surface area contributed by atoms with Gasteiger partial charge in [0.05, 0.1) is 18.0 Å². The SMILES string of the molecule is O=C(NC[C@@H]1CCCO1)c1ncc(-c2n[nH]c(=O)n2-c2cccc(F)c2F)[nH]1. The minimum Gasteiger partial charge on any atom is -0.376 e. The van der Waals surface area contributed by atoms with Crippen molar-refractivity contribution in [3.63, 3.8) is 0 Å². The summed E-state index contributed by atoms with van der Waals surface area (Å²) in [6, 6.07) is 3.45. The van der Waals surface area contributed by atoms with Crippen molar-refractivity contribution in [1.29, 1.82) is 0 Å². The van der Waals surface area contributed by atoms with Gasteiger partial charge in [-0.25, -0.2) is 28.2 Å². The Morgan fingerprint density at radius 3 is 3.04 bits per heavy atom. The normalized spacial score (nSPS) is 16.4. The quantitative estimate of drug-likeness (QED) is 0.604. The number of ether oxygens (including phenoxy) is 1. The van der Waals surface area contributed by atoms with E-state index < -0.39 is 23.2 Å². The molecule has 3 aromatic rings. The van der Waals surface area contributed by atoms with Gasteiger partial charge in [0.15, 0.2) is 23.3 Å². The zero-order chi connectivity index (χ0) is 19.7. The number of rotatable bonds is 5. The molecule has 0 unspecified atom stereocenters. The average molecular weight is 390 g/mol. The molecule has 0 saturated carbocycles.